The quantitative estimate of drug-likeness (QED) is 0.906. The van der Waals surface area contributed by atoms with Crippen molar-refractivity contribution in [1.82, 2.24) is 19.9 Å². The van der Waals surface area contributed by atoms with E-state index in [1.165, 1.54) is 24.9 Å². The van der Waals surface area contributed by atoms with E-state index in [9.17, 15) is 0 Å². The van der Waals surface area contributed by atoms with Gasteiger partial charge in [0.2, 0.25) is 0 Å². The van der Waals surface area contributed by atoms with Crippen LogP contribution < -0.4 is 5.32 Å². The maximum absolute atomic E-state index is 5.79. The van der Waals surface area contributed by atoms with Crippen LogP contribution in [0.4, 0.5) is 5.69 Å². The second kappa shape index (κ2) is 7.54. The van der Waals surface area contributed by atoms with Crippen molar-refractivity contribution >= 4 is 5.69 Å². The number of hydrogen-bond acceptors (Lipinski definition) is 5. The van der Waals surface area contributed by atoms with Gasteiger partial charge in [-0.3, -0.25) is 0 Å². The molecule has 2 aromatic rings. The Labute approximate surface area is 149 Å². The first-order chi connectivity index (χ1) is 12.3. The van der Waals surface area contributed by atoms with Crippen molar-refractivity contribution in [3.05, 3.63) is 36.7 Å². The highest BCUT2D eigenvalue weighted by atomic mass is 16.5. The van der Waals surface area contributed by atoms with Gasteiger partial charge in [0.1, 0.15) is 0 Å². The lowest BCUT2D eigenvalue weighted by Crippen LogP contribution is -2.47. The molecular weight excluding hydrogens is 314 g/mol. The maximum atomic E-state index is 5.79. The van der Waals surface area contributed by atoms with Gasteiger partial charge < -0.3 is 15.0 Å². The minimum atomic E-state index is 0.459. The molecule has 0 bridgehead atoms. The number of likely N-dealkylation sites (tertiary alicyclic amines) is 1. The summed E-state index contributed by atoms with van der Waals surface area (Å²) in [7, 11) is 0. The predicted molar refractivity (Wildman–Crippen MR) is 98.0 cm³/mol. The number of nitrogens with zero attached hydrogens (tertiary/aromatic N) is 4. The molecule has 3 unspecified atom stereocenters. The Hall–Kier alpha value is -1.92. The van der Waals surface area contributed by atoms with E-state index in [1.807, 2.05) is 6.20 Å². The largest absolute Gasteiger partial charge is 0.382 e. The zero-order valence-electron chi connectivity index (χ0n) is 14.8. The molecule has 0 spiro atoms. The molecule has 4 rings (SSSR count). The molecule has 25 heavy (non-hydrogen) atoms. The van der Waals surface area contributed by atoms with Crippen molar-refractivity contribution in [1.29, 1.82) is 0 Å². The summed E-state index contributed by atoms with van der Waals surface area (Å²) in [5.41, 5.74) is 2.20. The van der Waals surface area contributed by atoms with Crippen LogP contribution in [0.2, 0.25) is 0 Å². The lowest BCUT2D eigenvalue weighted by atomic mass is 9.93. The van der Waals surface area contributed by atoms with E-state index in [4.69, 9.17) is 4.74 Å². The minimum Gasteiger partial charge on any atom is -0.382 e. The smallest absolute Gasteiger partial charge is 0.0702 e. The first-order valence-electron chi connectivity index (χ1n) is 9.35. The van der Waals surface area contributed by atoms with Gasteiger partial charge in [0.05, 0.1) is 24.2 Å². The molecule has 1 aromatic carbocycles. The number of ether oxygens (including phenoxy) is 1. The van der Waals surface area contributed by atoms with Gasteiger partial charge in [0.25, 0.3) is 0 Å². The average Bonchev–Trinajstić information content (AvgIpc) is 3.32. The molecule has 134 valence electrons. The van der Waals surface area contributed by atoms with E-state index in [1.54, 1.807) is 10.9 Å². The molecule has 2 fully saturated rings. The van der Waals surface area contributed by atoms with Gasteiger partial charge in [-0.15, -0.1) is 5.10 Å². The van der Waals surface area contributed by atoms with Crippen LogP contribution in [-0.4, -0.2) is 58.3 Å². The van der Waals surface area contributed by atoms with Gasteiger partial charge in [-0.2, -0.15) is 0 Å². The topological polar surface area (TPSA) is 55.2 Å². The first-order valence-corrected chi connectivity index (χ1v) is 9.35. The molecule has 6 heteroatoms. The molecule has 1 aromatic heterocycles. The fourth-order valence-electron chi connectivity index (χ4n) is 3.96. The third-order valence-electron chi connectivity index (χ3n) is 5.38. The molecule has 0 aliphatic carbocycles. The van der Waals surface area contributed by atoms with Crippen LogP contribution in [0.15, 0.2) is 36.7 Å². The van der Waals surface area contributed by atoms with Crippen LogP contribution in [-0.2, 0) is 4.74 Å². The minimum absolute atomic E-state index is 0.459. The molecule has 6 nitrogen and oxygen atoms in total. The van der Waals surface area contributed by atoms with Crippen LogP contribution in [0.25, 0.3) is 5.69 Å². The summed E-state index contributed by atoms with van der Waals surface area (Å²) < 4.78 is 7.56. The molecule has 0 saturated carbocycles. The average molecular weight is 341 g/mol. The maximum Gasteiger partial charge on any atom is 0.0702 e. The highest BCUT2D eigenvalue weighted by Crippen LogP contribution is 2.23. The van der Waals surface area contributed by atoms with Crippen LogP contribution in [0, 0.1) is 5.92 Å². The van der Waals surface area contributed by atoms with Crippen molar-refractivity contribution < 1.29 is 4.74 Å². The van der Waals surface area contributed by atoms with E-state index in [0.717, 1.165) is 31.9 Å². The normalized spacial score (nSPS) is 27.5. The molecule has 0 amide bonds. The van der Waals surface area contributed by atoms with E-state index in [-0.39, 0.29) is 0 Å². The van der Waals surface area contributed by atoms with E-state index < -0.39 is 0 Å². The summed E-state index contributed by atoms with van der Waals surface area (Å²) in [6, 6.07) is 8.94. The first kappa shape index (κ1) is 16.5. The van der Waals surface area contributed by atoms with Crippen molar-refractivity contribution in [2.45, 2.75) is 38.3 Å². The van der Waals surface area contributed by atoms with Gasteiger partial charge in [-0.25, -0.2) is 4.68 Å². The van der Waals surface area contributed by atoms with Crippen LogP contribution in [0.1, 0.15) is 26.2 Å². The predicted octanol–water partition coefficient (Wildman–Crippen LogP) is 2.57. The monoisotopic (exact) mass is 341 g/mol. The fourth-order valence-corrected chi connectivity index (χ4v) is 3.96. The summed E-state index contributed by atoms with van der Waals surface area (Å²) in [6.07, 6.45) is 7.64. The fraction of sp³-hybridized carbons (Fsp3) is 0.579. The van der Waals surface area contributed by atoms with Gasteiger partial charge >= 0.3 is 0 Å². The summed E-state index contributed by atoms with van der Waals surface area (Å²) in [4.78, 5) is 2.58. The Kier molecular flexibility index (Phi) is 4.99. The van der Waals surface area contributed by atoms with Crippen molar-refractivity contribution in [2.24, 2.45) is 5.92 Å². The van der Waals surface area contributed by atoms with E-state index in [0.29, 0.717) is 18.1 Å². The summed E-state index contributed by atoms with van der Waals surface area (Å²) in [5.74, 6) is 0.630. The van der Waals surface area contributed by atoms with Gasteiger partial charge in [-0.05, 0) is 49.4 Å². The molecule has 3 atom stereocenters. The number of piperidine rings is 1. The third-order valence-corrected chi connectivity index (χ3v) is 5.38. The molecule has 2 aliphatic heterocycles. The van der Waals surface area contributed by atoms with Crippen molar-refractivity contribution in [3.63, 3.8) is 0 Å². The standard InChI is InChI=1S/C19H27N5O/c1-15-13-23(14-18-3-2-12-25-18)10-8-19(15)21-16-4-6-17(7-5-16)24-11-9-20-22-24/h4-7,9,11,15,18-19,21H,2-3,8,10,12-14H2,1H3. The summed E-state index contributed by atoms with van der Waals surface area (Å²) in [5, 5.41) is 11.6. The van der Waals surface area contributed by atoms with Crippen molar-refractivity contribution in [2.75, 3.05) is 31.6 Å². The Morgan fingerprint density at radius 3 is 2.80 bits per heavy atom. The van der Waals surface area contributed by atoms with Crippen LogP contribution in [0.5, 0.6) is 0 Å². The van der Waals surface area contributed by atoms with Crippen LogP contribution in [0.3, 0.4) is 0 Å². The Balaban J connectivity index is 1.31. The summed E-state index contributed by atoms with van der Waals surface area (Å²) >= 11 is 0. The van der Waals surface area contributed by atoms with Gasteiger partial charge in [0, 0.05) is 38.0 Å². The zero-order chi connectivity index (χ0) is 17.1. The highest BCUT2D eigenvalue weighted by molar-refractivity contribution is 5.49. The molecule has 3 heterocycles. The highest BCUT2D eigenvalue weighted by Gasteiger charge is 2.28. The zero-order valence-corrected chi connectivity index (χ0v) is 14.8. The Morgan fingerprint density at radius 1 is 1.24 bits per heavy atom. The number of anilines is 1. The number of hydrogen-bond donors (Lipinski definition) is 1. The molecule has 2 saturated heterocycles. The van der Waals surface area contributed by atoms with Gasteiger partial charge in [-0.1, -0.05) is 12.1 Å². The molecular formula is C19H27N5O. The lowest BCUT2D eigenvalue weighted by Gasteiger charge is -2.38. The second-order valence-electron chi connectivity index (χ2n) is 7.31. The number of aromatic nitrogens is 3. The Bertz CT molecular complexity index is 651. The number of benzene rings is 1. The summed E-state index contributed by atoms with van der Waals surface area (Å²) in [6.45, 7) is 6.70. The van der Waals surface area contributed by atoms with Crippen molar-refractivity contribution in [3.8, 4) is 5.69 Å². The molecule has 2 aliphatic rings. The molecule has 0 radical (unpaired) electrons. The molecule has 1 N–H and O–H groups in total. The van der Waals surface area contributed by atoms with E-state index >= 15 is 0 Å². The van der Waals surface area contributed by atoms with E-state index in [2.05, 4.69) is 51.7 Å². The SMILES string of the molecule is CC1CN(CC2CCCO2)CCC1Nc1ccc(-n2ccnn2)cc1. The number of rotatable bonds is 5. The lowest BCUT2D eigenvalue weighted by molar-refractivity contribution is 0.0563. The Morgan fingerprint density at radius 2 is 2.12 bits per heavy atom. The second-order valence-corrected chi connectivity index (χ2v) is 7.31. The van der Waals surface area contributed by atoms with Crippen LogP contribution >= 0.6 is 0 Å². The third kappa shape index (κ3) is 4.02. The van der Waals surface area contributed by atoms with Gasteiger partial charge in [0.15, 0.2) is 0 Å². The number of nitrogens with one attached hydrogen (secondary N) is 1.